The molecule has 0 unspecified atom stereocenters. The van der Waals surface area contributed by atoms with E-state index in [1.165, 1.54) is 0 Å². The van der Waals surface area contributed by atoms with E-state index in [1.54, 1.807) is 35.0 Å². The maximum absolute atomic E-state index is 12.2. The summed E-state index contributed by atoms with van der Waals surface area (Å²) in [6.45, 7) is 0. The van der Waals surface area contributed by atoms with Gasteiger partial charge < -0.3 is 0 Å². The van der Waals surface area contributed by atoms with Gasteiger partial charge in [0.1, 0.15) is 0 Å². The second-order valence-corrected chi connectivity index (χ2v) is 5.21. The second-order valence-electron chi connectivity index (χ2n) is 5.21. The third-order valence-electron chi connectivity index (χ3n) is 3.56. The molecule has 0 saturated heterocycles. The first-order chi connectivity index (χ1) is 11.8. The smallest absolute Gasteiger partial charge is 0.258 e. The fourth-order valence-corrected chi connectivity index (χ4v) is 2.38. The molecule has 0 aliphatic carbocycles. The molecular weight excluding hydrogens is 302 g/mol. The highest BCUT2D eigenvalue weighted by Gasteiger charge is 2.11. The van der Waals surface area contributed by atoms with Gasteiger partial charge in [0.15, 0.2) is 0 Å². The molecule has 116 valence electrons. The van der Waals surface area contributed by atoms with Gasteiger partial charge >= 0.3 is 0 Å². The fraction of sp³-hybridized carbons (Fsp3) is 0. The minimum Gasteiger partial charge on any atom is -0.289 e. The van der Waals surface area contributed by atoms with Crippen molar-refractivity contribution in [3.8, 4) is 11.1 Å². The largest absolute Gasteiger partial charge is 0.289 e. The highest BCUT2D eigenvalue weighted by atomic mass is 16.1. The van der Waals surface area contributed by atoms with Crippen LogP contribution in [0.5, 0.6) is 0 Å². The summed E-state index contributed by atoms with van der Waals surface area (Å²) in [7, 11) is 0. The molecule has 2 heterocycles. The van der Waals surface area contributed by atoms with Gasteiger partial charge in [0.2, 0.25) is 0 Å². The zero-order chi connectivity index (χ0) is 16.4. The highest BCUT2D eigenvalue weighted by Crippen LogP contribution is 2.18. The monoisotopic (exact) mass is 315 g/mol. The summed E-state index contributed by atoms with van der Waals surface area (Å²) in [6.07, 6.45) is 3.57. The standard InChI is InChI=1S/C18H13N5O/c24-16(14-9-5-2-6-10-14)20-17-21-18-19-11-15(12-23(18)22-17)13-7-3-1-4-8-13/h1-12H,(H,20,22,24). The van der Waals surface area contributed by atoms with Crippen molar-refractivity contribution in [2.45, 2.75) is 0 Å². The van der Waals surface area contributed by atoms with Gasteiger partial charge in [-0.3, -0.25) is 10.1 Å². The number of nitrogens with zero attached hydrogens (tertiary/aromatic N) is 4. The predicted molar refractivity (Wildman–Crippen MR) is 90.6 cm³/mol. The average Bonchev–Trinajstić information content (AvgIpc) is 3.04. The van der Waals surface area contributed by atoms with Gasteiger partial charge in [-0.05, 0) is 17.7 Å². The number of anilines is 1. The van der Waals surface area contributed by atoms with Crippen molar-refractivity contribution >= 4 is 17.6 Å². The number of rotatable bonds is 3. The van der Waals surface area contributed by atoms with Crippen LogP contribution in [0.25, 0.3) is 16.9 Å². The SMILES string of the molecule is O=C(Nc1nc2ncc(-c3ccccc3)cn2n1)c1ccccc1. The van der Waals surface area contributed by atoms with E-state index < -0.39 is 0 Å². The summed E-state index contributed by atoms with van der Waals surface area (Å²) in [6, 6.07) is 18.8. The predicted octanol–water partition coefficient (Wildman–Crippen LogP) is 3.04. The number of hydrogen-bond acceptors (Lipinski definition) is 4. The minimum absolute atomic E-state index is 0.224. The van der Waals surface area contributed by atoms with Crippen molar-refractivity contribution < 1.29 is 4.79 Å². The average molecular weight is 315 g/mol. The van der Waals surface area contributed by atoms with E-state index in [9.17, 15) is 4.79 Å². The van der Waals surface area contributed by atoms with Crippen LogP contribution in [0.1, 0.15) is 10.4 Å². The van der Waals surface area contributed by atoms with Crippen LogP contribution >= 0.6 is 0 Å². The first kappa shape index (κ1) is 14.1. The van der Waals surface area contributed by atoms with Gasteiger partial charge in [0, 0.05) is 23.5 Å². The zero-order valence-corrected chi connectivity index (χ0v) is 12.6. The van der Waals surface area contributed by atoms with Crippen molar-refractivity contribution in [3.05, 3.63) is 78.6 Å². The quantitative estimate of drug-likeness (QED) is 0.631. The van der Waals surface area contributed by atoms with Gasteiger partial charge in [0.05, 0.1) is 0 Å². The summed E-state index contributed by atoms with van der Waals surface area (Å²) < 4.78 is 1.56. The lowest BCUT2D eigenvalue weighted by Gasteiger charge is -2.00. The van der Waals surface area contributed by atoms with Crippen LogP contribution in [0.4, 0.5) is 5.95 Å². The lowest BCUT2D eigenvalue weighted by molar-refractivity contribution is 0.102. The molecule has 1 amide bonds. The summed E-state index contributed by atoms with van der Waals surface area (Å²) in [5.74, 6) is 0.398. The molecule has 0 aliphatic rings. The van der Waals surface area contributed by atoms with Crippen molar-refractivity contribution in [3.63, 3.8) is 0 Å². The molecule has 4 aromatic rings. The summed E-state index contributed by atoms with van der Waals surface area (Å²) in [5, 5.41) is 6.96. The Balaban J connectivity index is 1.63. The molecule has 0 radical (unpaired) electrons. The summed E-state index contributed by atoms with van der Waals surface area (Å²) in [4.78, 5) is 20.7. The Bertz CT molecular complexity index is 996. The van der Waals surface area contributed by atoms with E-state index in [1.807, 2.05) is 42.6 Å². The van der Waals surface area contributed by atoms with E-state index in [-0.39, 0.29) is 11.9 Å². The maximum Gasteiger partial charge on any atom is 0.258 e. The highest BCUT2D eigenvalue weighted by molar-refractivity contribution is 6.03. The molecule has 0 saturated carbocycles. The second kappa shape index (κ2) is 5.92. The van der Waals surface area contributed by atoms with Crippen LogP contribution in [0.2, 0.25) is 0 Å². The van der Waals surface area contributed by atoms with Gasteiger partial charge in [-0.2, -0.15) is 4.98 Å². The lowest BCUT2D eigenvalue weighted by Crippen LogP contribution is -2.12. The molecule has 24 heavy (non-hydrogen) atoms. The number of fused-ring (bicyclic) bond motifs is 1. The number of benzene rings is 2. The Morgan fingerprint density at radius 2 is 1.62 bits per heavy atom. The summed E-state index contributed by atoms with van der Waals surface area (Å²) >= 11 is 0. The molecule has 0 bridgehead atoms. The molecule has 4 rings (SSSR count). The van der Waals surface area contributed by atoms with Gasteiger partial charge in [-0.15, -0.1) is 5.10 Å². The van der Waals surface area contributed by atoms with Crippen molar-refractivity contribution in [1.82, 2.24) is 19.6 Å². The number of aromatic nitrogens is 4. The summed E-state index contributed by atoms with van der Waals surface area (Å²) in [5.41, 5.74) is 2.51. The van der Waals surface area contributed by atoms with Crippen LogP contribution in [-0.2, 0) is 0 Å². The Morgan fingerprint density at radius 3 is 2.38 bits per heavy atom. The molecule has 0 fully saturated rings. The molecule has 2 aromatic heterocycles. The van der Waals surface area contributed by atoms with Crippen molar-refractivity contribution in [2.75, 3.05) is 5.32 Å². The van der Waals surface area contributed by atoms with E-state index in [0.717, 1.165) is 11.1 Å². The van der Waals surface area contributed by atoms with Gasteiger partial charge in [-0.25, -0.2) is 9.50 Å². The Labute approximate surface area is 137 Å². The Kier molecular flexibility index (Phi) is 3.47. The molecule has 6 nitrogen and oxygen atoms in total. The van der Waals surface area contributed by atoms with Crippen LogP contribution in [0.15, 0.2) is 73.1 Å². The molecule has 2 aromatic carbocycles. The van der Waals surface area contributed by atoms with E-state index in [2.05, 4.69) is 20.4 Å². The first-order valence-electron chi connectivity index (χ1n) is 7.44. The molecule has 1 N–H and O–H groups in total. The van der Waals surface area contributed by atoms with Crippen molar-refractivity contribution in [2.24, 2.45) is 0 Å². The normalized spacial score (nSPS) is 10.7. The number of nitrogens with one attached hydrogen (secondary N) is 1. The lowest BCUT2D eigenvalue weighted by atomic mass is 10.1. The van der Waals surface area contributed by atoms with Crippen molar-refractivity contribution in [1.29, 1.82) is 0 Å². The number of carbonyl (C=O) groups excluding carboxylic acids is 1. The van der Waals surface area contributed by atoms with Gasteiger partial charge in [0.25, 0.3) is 17.6 Å². The molecular formula is C18H13N5O. The number of carbonyl (C=O) groups is 1. The van der Waals surface area contributed by atoms with E-state index >= 15 is 0 Å². The number of hydrogen-bond donors (Lipinski definition) is 1. The van der Waals surface area contributed by atoms with Crippen LogP contribution in [-0.4, -0.2) is 25.5 Å². The third-order valence-corrected chi connectivity index (χ3v) is 3.56. The number of amides is 1. The van der Waals surface area contributed by atoms with E-state index in [4.69, 9.17) is 0 Å². The molecule has 0 atom stereocenters. The minimum atomic E-state index is -0.255. The third kappa shape index (κ3) is 2.72. The topological polar surface area (TPSA) is 72.2 Å². The van der Waals surface area contributed by atoms with Crippen LogP contribution < -0.4 is 5.32 Å². The molecule has 6 heteroatoms. The Hall–Kier alpha value is -3.54. The fourth-order valence-electron chi connectivity index (χ4n) is 2.38. The van der Waals surface area contributed by atoms with Gasteiger partial charge in [-0.1, -0.05) is 48.5 Å². The van der Waals surface area contributed by atoms with E-state index in [0.29, 0.717) is 11.3 Å². The van der Waals surface area contributed by atoms with Crippen LogP contribution in [0.3, 0.4) is 0 Å². The zero-order valence-electron chi connectivity index (χ0n) is 12.6. The molecule has 0 spiro atoms. The first-order valence-corrected chi connectivity index (χ1v) is 7.44. The Morgan fingerprint density at radius 1 is 0.917 bits per heavy atom. The molecule has 0 aliphatic heterocycles. The van der Waals surface area contributed by atoms with Crippen LogP contribution in [0, 0.1) is 0 Å². The maximum atomic E-state index is 12.2.